The molecule has 0 unspecified atom stereocenters. The lowest BCUT2D eigenvalue weighted by Crippen LogP contribution is -2.41. The summed E-state index contributed by atoms with van der Waals surface area (Å²) in [5.41, 5.74) is 0.416. The van der Waals surface area contributed by atoms with E-state index in [0.29, 0.717) is 10.4 Å². The molecule has 1 aliphatic rings. The number of hydrogen-bond donors (Lipinski definition) is 1. The molecule has 1 aromatic rings. The molecule has 1 saturated carbocycles. The molecule has 4 nitrogen and oxygen atoms in total. The van der Waals surface area contributed by atoms with Gasteiger partial charge in [0, 0.05) is 25.3 Å². The number of benzene rings is 1. The van der Waals surface area contributed by atoms with E-state index in [4.69, 9.17) is 4.74 Å². The second kappa shape index (κ2) is 8.39. The highest BCUT2D eigenvalue weighted by Gasteiger charge is 2.25. The van der Waals surface area contributed by atoms with Crippen LogP contribution in [0.3, 0.4) is 0 Å². The molecule has 0 heterocycles. The van der Waals surface area contributed by atoms with E-state index >= 15 is 0 Å². The van der Waals surface area contributed by atoms with Crippen molar-refractivity contribution in [2.45, 2.75) is 58.1 Å². The van der Waals surface area contributed by atoms with Crippen LogP contribution in [-0.4, -0.2) is 31.3 Å². The van der Waals surface area contributed by atoms with E-state index in [1.807, 2.05) is 33.9 Å². The topological polar surface area (TPSA) is 41.6 Å². The molecule has 0 saturated heterocycles. The first-order chi connectivity index (χ1) is 11.6. The predicted octanol–water partition coefficient (Wildman–Crippen LogP) is 5.11. The lowest BCUT2D eigenvalue weighted by molar-refractivity contribution is 0.0488. The Morgan fingerprint density at radius 3 is 2.52 bits per heavy atom. The number of nitrogens with one attached hydrogen (secondary N) is 1. The van der Waals surface area contributed by atoms with E-state index in [9.17, 15) is 9.18 Å². The Kier molecular flexibility index (Phi) is 6.72. The van der Waals surface area contributed by atoms with Gasteiger partial charge in [-0.05, 0) is 86.5 Å². The van der Waals surface area contributed by atoms with Gasteiger partial charge < -0.3 is 15.0 Å². The normalized spacial score (nSPS) is 20.9. The van der Waals surface area contributed by atoms with Crippen LogP contribution in [0.2, 0.25) is 0 Å². The maximum Gasteiger partial charge on any atom is 0.407 e. The maximum absolute atomic E-state index is 13.7. The van der Waals surface area contributed by atoms with Crippen LogP contribution >= 0.6 is 15.9 Å². The van der Waals surface area contributed by atoms with E-state index in [0.717, 1.165) is 37.9 Å². The fourth-order valence-corrected chi connectivity index (χ4v) is 3.43. The average molecular weight is 415 g/mol. The van der Waals surface area contributed by atoms with Gasteiger partial charge in [-0.2, -0.15) is 0 Å². The summed E-state index contributed by atoms with van der Waals surface area (Å²) in [6, 6.07) is 5.40. The lowest BCUT2D eigenvalue weighted by atomic mass is 9.85. The molecule has 0 aliphatic heterocycles. The molecule has 6 heteroatoms. The first-order valence-corrected chi connectivity index (χ1v) is 9.59. The summed E-state index contributed by atoms with van der Waals surface area (Å²) in [7, 11) is 1.99. The molecule has 0 radical (unpaired) electrons. The zero-order chi connectivity index (χ0) is 18.6. The number of hydrogen-bond acceptors (Lipinski definition) is 3. The molecular formula is C19H28BrFN2O2. The highest BCUT2D eigenvalue weighted by molar-refractivity contribution is 9.10. The van der Waals surface area contributed by atoms with Gasteiger partial charge in [0.1, 0.15) is 11.4 Å². The van der Waals surface area contributed by atoms with Crippen LogP contribution in [-0.2, 0) is 4.74 Å². The van der Waals surface area contributed by atoms with Crippen LogP contribution in [0.5, 0.6) is 0 Å². The molecule has 0 bridgehead atoms. The Hall–Kier alpha value is -1.30. The van der Waals surface area contributed by atoms with Gasteiger partial charge in [0.25, 0.3) is 0 Å². The van der Waals surface area contributed by atoms with Crippen LogP contribution in [0.15, 0.2) is 22.7 Å². The van der Waals surface area contributed by atoms with Crippen LogP contribution in [0.25, 0.3) is 0 Å². The Bertz CT molecular complexity index is 596. The minimum absolute atomic E-state index is 0.182. The molecule has 0 aromatic heterocycles. The highest BCUT2D eigenvalue weighted by atomic mass is 79.9. The molecule has 0 spiro atoms. The zero-order valence-electron chi connectivity index (χ0n) is 15.4. The van der Waals surface area contributed by atoms with E-state index in [1.54, 1.807) is 12.1 Å². The first kappa shape index (κ1) is 20.0. The van der Waals surface area contributed by atoms with E-state index in [1.165, 1.54) is 0 Å². The number of rotatable bonds is 4. The largest absolute Gasteiger partial charge is 0.444 e. The molecule has 1 fully saturated rings. The fourth-order valence-electron chi connectivity index (χ4n) is 3.18. The van der Waals surface area contributed by atoms with Gasteiger partial charge in [0.05, 0.1) is 4.47 Å². The standard InChI is InChI=1S/C19H28BrFN2O2/c1-19(2,3)25-18(24)22-14-7-5-13(6-8-14)12-23(4)15-9-10-16(20)17(21)11-15/h9-11,13-14H,5-8,12H2,1-4H3,(H,22,24). The number of carbonyl (C=O) groups is 1. The van der Waals surface area contributed by atoms with Crippen LogP contribution in [0, 0.1) is 11.7 Å². The number of alkyl carbamates (subject to hydrolysis) is 1. The van der Waals surface area contributed by atoms with Gasteiger partial charge in [0.2, 0.25) is 0 Å². The van der Waals surface area contributed by atoms with Crippen molar-refractivity contribution in [3.63, 3.8) is 0 Å². The number of ether oxygens (including phenoxy) is 1. The van der Waals surface area contributed by atoms with Crippen molar-refractivity contribution in [3.8, 4) is 0 Å². The third-order valence-electron chi connectivity index (χ3n) is 4.44. The minimum atomic E-state index is -0.468. The van der Waals surface area contributed by atoms with Crippen molar-refractivity contribution in [3.05, 3.63) is 28.5 Å². The highest BCUT2D eigenvalue weighted by Crippen LogP contribution is 2.28. The van der Waals surface area contributed by atoms with E-state index in [-0.39, 0.29) is 18.0 Å². The van der Waals surface area contributed by atoms with Gasteiger partial charge >= 0.3 is 6.09 Å². The second-order valence-electron chi connectivity index (χ2n) is 7.84. The monoisotopic (exact) mass is 414 g/mol. The summed E-state index contributed by atoms with van der Waals surface area (Å²) in [6.45, 7) is 6.49. The van der Waals surface area contributed by atoms with Gasteiger partial charge in [-0.25, -0.2) is 9.18 Å². The number of nitrogens with zero attached hydrogens (tertiary/aromatic N) is 1. The van der Waals surface area contributed by atoms with Gasteiger partial charge in [-0.3, -0.25) is 0 Å². The molecule has 140 valence electrons. The molecule has 1 amide bonds. The molecule has 1 aliphatic carbocycles. The quantitative estimate of drug-likeness (QED) is 0.743. The molecule has 25 heavy (non-hydrogen) atoms. The predicted molar refractivity (Wildman–Crippen MR) is 102 cm³/mol. The summed E-state index contributed by atoms with van der Waals surface area (Å²) >= 11 is 3.18. The smallest absolute Gasteiger partial charge is 0.407 e. The summed E-state index contributed by atoms with van der Waals surface area (Å²) in [5.74, 6) is 0.308. The number of amides is 1. The van der Waals surface area contributed by atoms with E-state index < -0.39 is 5.60 Å². The first-order valence-electron chi connectivity index (χ1n) is 8.80. The van der Waals surface area contributed by atoms with E-state index in [2.05, 4.69) is 26.1 Å². The van der Waals surface area contributed by atoms with Crippen molar-refractivity contribution in [1.29, 1.82) is 0 Å². The SMILES string of the molecule is CN(CC1CCC(NC(=O)OC(C)(C)C)CC1)c1ccc(Br)c(F)c1. The second-order valence-corrected chi connectivity index (χ2v) is 8.70. The van der Waals surface area contributed by atoms with Gasteiger partial charge in [0.15, 0.2) is 0 Å². The summed E-state index contributed by atoms with van der Waals surface area (Å²) < 4.78 is 19.5. The minimum Gasteiger partial charge on any atom is -0.444 e. The molecule has 0 atom stereocenters. The number of halogens is 2. The van der Waals surface area contributed by atoms with Crippen molar-refractivity contribution in [1.82, 2.24) is 5.32 Å². The third kappa shape index (κ3) is 6.49. The molecular weight excluding hydrogens is 387 g/mol. The Labute approximate surface area is 158 Å². The fraction of sp³-hybridized carbons (Fsp3) is 0.632. The Morgan fingerprint density at radius 1 is 1.32 bits per heavy atom. The lowest BCUT2D eigenvalue weighted by Gasteiger charge is -2.32. The summed E-state index contributed by atoms with van der Waals surface area (Å²) in [4.78, 5) is 13.9. The third-order valence-corrected chi connectivity index (χ3v) is 5.09. The Balaban J connectivity index is 1.78. The summed E-state index contributed by atoms with van der Waals surface area (Å²) in [5, 5.41) is 2.97. The average Bonchev–Trinajstić information content (AvgIpc) is 2.50. The van der Waals surface area contributed by atoms with Crippen molar-refractivity contribution >= 4 is 27.7 Å². The van der Waals surface area contributed by atoms with Gasteiger partial charge in [-0.1, -0.05) is 0 Å². The molecule has 1 N–H and O–H groups in total. The van der Waals surface area contributed by atoms with Crippen molar-refractivity contribution in [2.75, 3.05) is 18.5 Å². The molecule has 1 aromatic carbocycles. The number of carbonyl (C=O) groups excluding carboxylic acids is 1. The van der Waals surface area contributed by atoms with Crippen molar-refractivity contribution < 1.29 is 13.9 Å². The van der Waals surface area contributed by atoms with Crippen LogP contribution in [0.1, 0.15) is 46.5 Å². The van der Waals surface area contributed by atoms with Gasteiger partial charge in [-0.15, -0.1) is 0 Å². The zero-order valence-corrected chi connectivity index (χ0v) is 17.0. The molecule has 2 rings (SSSR count). The number of anilines is 1. The summed E-state index contributed by atoms with van der Waals surface area (Å²) in [6.07, 6.45) is 3.66. The van der Waals surface area contributed by atoms with Crippen molar-refractivity contribution in [2.24, 2.45) is 5.92 Å². The maximum atomic E-state index is 13.7. The Morgan fingerprint density at radius 2 is 1.96 bits per heavy atom. The van der Waals surface area contributed by atoms with Crippen LogP contribution < -0.4 is 10.2 Å². The van der Waals surface area contributed by atoms with Crippen LogP contribution in [0.4, 0.5) is 14.9 Å².